The Balaban J connectivity index is 2.06. The minimum absolute atomic E-state index is 0.0895. The molecule has 0 atom stereocenters. The van der Waals surface area contributed by atoms with Crippen LogP contribution in [0.3, 0.4) is 0 Å². The van der Waals surface area contributed by atoms with E-state index in [2.05, 4.69) is 20.1 Å². The normalized spacial score (nSPS) is 10.5. The molecule has 0 saturated carbocycles. The number of aromatic nitrogens is 3. The van der Waals surface area contributed by atoms with Crippen molar-refractivity contribution in [2.45, 2.75) is 20.4 Å². The van der Waals surface area contributed by atoms with Gasteiger partial charge in [-0.2, -0.15) is 5.10 Å². The van der Waals surface area contributed by atoms with Crippen molar-refractivity contribution in [2.75, 3.05) is 5.32 Å². The highest BCUT2D eigenvalue weighted by atomic mass is 35.5. The molecule has 0 unspecified atom stereocenters. The molecule has 0 radical (unpaired) electrons. The Labute approximate surface area is 103 Å². The number of hydrogen-bond donors (Lipinski definition) is 1. The molecule has 2 aromatic heterocycles. The average Bonchev–Trinajstić information content (AvgIpc) is 2.85. The van der Waals surface area contributed by atoms with Gasteiger partial charge in [-0.05, 0) is 13.8 Å². The van der Waals surface area contributed by atoms with Crippen LogP contribution in [0.15, 0.2) is 16.9 Å². The Morgan fingerprint density at radius 3 is 2.88 bits per heavy atom. The molecule has 2 aromatic rings. The van der Waals surface area contributed by atoms with Gasteiger partial charge in [0.05, 0.1) is 16.4 Å². The molecule has 2 heterocycles. The quantitative estimate of drug-likeness (QED) is 0.906. The summed E-state index contributed by atoms with van der Waals surface area (Å²) in [6.45, 7) is 3.69. The van der Waals surface area contributed by atoms with Gasteiger partial charge in [0, 0.05) is 6.07 Å². The molecule has 0 aliphatic carbocycles. The van der Waals surface area contributed by atoms with Crippen LogP contribution >= 0.6 is 11.6 Å². The monoisotopic (exact) mass is 254 g/mol. The van der Waals surface area contributed by atoms with Crippen LogP contribution in [0.1, 0.15) is 11.4 Å². The molecular formula is C10H11ClN4O2. The summed E-state index contributed by atoms with van der Waals surface area (Å²) in [7, 11) is 0. The van der Waals surface area contributed by atoms with Crippen LogP contribution < -0.4 is 5.32 Å². The van der Waals surface area contributed by atoms with Gasteiger partial charge in [-0.1, -0.05) is 16.8 Å². The molecule has 0 aromatic carbocycles. The highest BCUT2D eigenvalue weighted by Crippen LogP contribution is 2.18. The second kappa shape index (κ2) is 4.58. The standard InChI is InChI=1S/C10H11ClN4O2/c1-6-10(11)7(2)15(13-6)5-9(16)12-8-3-4-17-14-8/h3-4H,5H2,1-2H3,(H,12,14,16). The maximum absolute atomic E-state index is 11.7. The van der Waals surface area contributed by atoms with Crippen LogP contribution in [-0.2, 0) is 11.3 Å². The molecule has 0 aliphatic rings. The molecule has 0 bridgehead atoms. The molecule has 0 spiro atoms. The van der Waals surface area contributed by atoms with Crippen molar-refractivity contribution in [3.8, 4) is 0 Å². The lowest BCUT2D eigenvalue weighted by Gasteiger charge is -2.03. The van der Waals surface area contributed by atoms with E-state index in [1.54, 1.807) is 17.7 Å². The minimum Gasteiger partial charge on any atom is -0.363 e. The molecule has 90 valence electrons. The summed E-state index contributed by atoms with van der Waals surface area (Å²) in [6.07, 6.45) is 1.38. The lowest BCUT2D eigenvalue weighted by Crippen LogP contribution is -2.20. The number of rotatable bonds is 3. The number of nitrogens with zero attached hydrogens (tertiary/aromatic N) is 3. The molecule has 1 amide bonds. The van der Waals surface area contributed by atoms with Crippen molar-refractivity contribution in [3.63, 3.8) is 0 Å². The molecule has 2 rings (SSSR count). The molecule has 1 N–H and O–H groups in total. The lowest BCUT2D eigenvalue weighted by molar-refractivity contribution is -0.117. The van der Waals surface area contributed by atoms with Crippen LogP contribution in [0.25, 0.3) is 0 Å². The Kier molecular flexibility index (Phi) is 3.14. The summed E-state index contributed by atoms with van der Waals surface area (Å²) in [4.78, 5) is 11.7. The van der Waals surface area contributed by atoms with Crippen LogP contribution in [0, 0.1) is 13.8 Å². The third-order valence-corrected chi connectivity index (χ3v) is 2.84. The third-order valence-electron chi connectivity index (χ3n) is 2.29. The second-order valence-corrected chi connectivity index (χ2v) is 3.95. The summed E-state index contributed by atoms with van der Waals surface area (Å²) in [5, 5.41) is 10.9. The first kappa shape index (κ1) is 11.7. The van der Waals surface area contributed by atoms with Gasteiger partial charge in [-0.15, -0.1) is 0 Å². The zero-order chi connectivity index (χ0) is 12.4. The SMILES string of the molecule is Cc1nn(CC(=O)Nc2ccon2)c(C)c1Cl. The fourth-order valence-corrected chi connectivity index (χ4v) is 1.56. The van der Waals surface area contributed by atoms with E-state index in [-0.39, 0.29) is 12.5 Å². The summed E-state index contributed by atoms with van der Waals surface area (Å²) in [5.74, 6) is 0.142. The average molecular weight is 255 g/mol. The zero-order valence-corrected chi connectivity index (χ0v) is 10.2. The van der Waals surface area contributed by atoms with E-state index >= 15 is 0 Å². The van der Waals surface area contributed by atoms with Gasteiger partial charge in [0.2, 0.25) is 5.91 Å². The van der Waals surface area contributed by atoms with Crippen LogP contribution in [0.5, 0.6) is 0 Å². The number of carbonyl (C=O) groups is 1. The van der Waals surface area contributed by atoms with Crippen molar-refractivity contribution in [1.29, 1.82) is 0 Å². The van der Waals surface area contributed by atoms with Gasteiger partial charge in [0.1, 0.15) is 12.8 Å². The zero-order valence-electron chi connectivity index (χ0n) is 9.40. The predicted molar refractivity (Wildman–Crippen MR) is 61.8 cm³/mol. The third kappa shape index (κ3) is 2.47. The van der Waals surface area contributed by atoms with E-state index in [1.807, 2.05) is 6.92 Å². The highest BCUT2D eigenvalue weighted by Gasteiger charge is 2.12. The van der Waals surface area contributed by atoms with Gasteiger partial charge < -0.3 is 9.84 Å². The molecule has 0 aliphatic heterocycles. The number of hydrogen-bond acceptors (Lipinski definition) is 4. The largest absolute Gasteiger partial charge is 0.363 e. The highest BCUT2D eigenvalue weighted by molar-refractivity contribution is 6.31. The fraction of sp³-hybridized carbons (Fsp3) is 0.300. The van der Waals surface area contributed by atoms with Crippen molar-refractivity contribution < 1.29 is 9.32 Å². The summed E-state index contributed by atoms with van der Waals surface area (Å²) >= 11 is 5.98. The van der Waals surface area contributed by atoms with Crippen molar-refractivity contribution in [3.05, 3.63) is 28.7 Å². The van der Waals surface area contributed by atoms with Crippen molar-refractivity contribution in [1.82, 2.24) is 14.9 Å². The number of nitrogens with one attached hydrogen (secondary N) is 1. The van der Waals surface area contributed by atoms with Crippen LogP contribution in [0.2, 0.25) is 5.02 Å². The van der Waals surface area contributed by atoms with Gasteiger partial charge in [0.15, 0.2) is 5.82 Å². The second-order valence-electron chi connectivity index (χ2n) is 3.58. The van der Waals surface area contributed by atoms with Crippen LogP contribution in [0.4, 0.5) is 5.82 Å². The lowest BCUT2D eigenvalue weighted by atomic mass is 10.4. The van der Waals surface area contributed by atoms with E-state index in [1.165, 1.54) is 6.26 Å². The molecule has 0 fully saturated rings. The fourth-order valence-electron chi connectivity index (χ4n) is 1.42. The van der Waals surface area contributed by atoms with E-state index < -0.39 is 0 Å². The van der Waals surface area contributed by atoms with Crippen LogP contribution in [-0.4, -0.2) is 20.8 Å². The topological polar surface area (TPSA) is 73.0 Å². The van der Waals surface area contributed by atoms with Gasteiger partial charge >= 0.3 is 0 Å². The Morgan fingerprint density at radius 2 is 2.35 bits per heavy atom. The van der Waals surface area contributed by atoms with Gasteiger partial charge in [-0.25, -0.2) is 0 Å². The Hall–Kier alpha value is -1.82. The molecule has 0 saturated heterocycles. The maximum Gasteiger partial charge on any atom is 0.247 e. The van der Waals surface area contributed by atoms with Crippen molar-refractivity contribution >= 4 is 23.3 Å². The number of carbonyl (C=O) groups excluding carboxylic acids is 1. The summed E-state index contributed by atoms with van der Waals surface area (Å²) < 4.78 is 6.15. The maximum atomic E-state index is 11.7. The number of amides is 1. The van der Waals surface area contributed by atoms with E-state index in [4.69, 9.17) is 11.6 Å². The first-order valence-corrected chi connectivity index (χ1v) is 5.35. The number of halogens is 1. The van der Waals surface area contributed by atoms with Crippen molar-refractivity contribution in [2.24, 2.45) is 0 Å². The number of anilines is 1. The summed E-state index contributed by atoms with van der Waals surface area (Å²) in [5.41, 5.74) is 1.47. The van der Waals surface area contributed by atoms with E-state index in [0.29, 0.717) is 16.5 Å². The van der Waals surface area contributed by atoms with E-state index in [0.717, 1.165) is 5.69 Å². The molecule has 7 heteroatoms. The molecule has 6 nitrogen and oxygen atoms in total. The molecule has 17 heavy (non-hydrogen) atoms. The van der Waals surface area contributed by atoms with Gasteiger partial charge in [-0.3, -0.25) is 9.48 Å². The first-order chi connectivity index (χ1) is 8.08. The smallest absolute Gasteiger partial charge is 0.247 e. The number of aryl methyl sites for hydroxylation is 1. The Morgan fingerprint density at radius 1 is 1.59 bits per heavy atom. The predicted octanol–water partition coefficient (Wildman–Crippen LogP) is 1.78. The molecular weight excluding hydrogens is 244 g/mol. The van der Waals surface area contributed by atoms with Gasteiger partial charge in [0.25, 0.3) is 0 Å². The van der Waals surface area contributed by atoms with E-state index in [9.17, 15) is 4.79 Å². The summed E-state index contributed by atoms with van der Waals surface area (Å²) in [6, 6.07) is 1.56. The Bertz CT molecular complexity index is 533. The first-order valence-electron chi connectivity index (χ1n) is 4.97. The minimum atomic E-state index is -0.235.